The van der Waals surface area contributed by atoms with Crippen molar-refractivity contribution >= 4 is 0 Å². The van der Waals surface area contributed by atoms with E-state index in [-0.39, 0.29) is 12.6 Å². The summed E-state index contributed by atoms with van der Waals surface area (Å²) in [4.78, 5) is 1.89. The lowest BCUT2D eigenvalue weighted by molar-refractivity contribution is 0.171. The Balaban J connectivity index is 2.44. The fourth-order valence-electron chi connectivity index (χ4n) is 1.49. The number of hydrogen-bond acceptors (Lipinski definition) is 2. The first-order valence-electron chi connectivity index (χ1n) is 4.16. The van der Waals surface area contributed by atoms with E-state index in [1.807, 2.05) is 4.90 Å². The molecule has 0 bridgehead atoms. The van der Waals surface area contributed by atoms with Crippen LogP contribution in [-0.4, -0.2) is 41.9 Å². The van der Waals surface area contributed by atoms with Crippen molar-refractivity contribution in [2.24, 2.45) is 0 Å². The van der Waals surface area contributed by atoms with Gasteiger partial charge in [0.1, 0.15) is 6.17 Å². The van der Waals surface area contributed by atoms with E-state index in [0.29, 0.717) is 19.5 Å². The molecular formula is C9H14FNO. The van der Waals surface area contributed by atoms with Crippen LogP contribution in [0.3, 0.4) is 0 Å². The Morgan fingerprint density at radius 2 is 2.42 bits per heavy atom. The summed E-state index contributed by atoms with van der Waals surface area (Å²) >= 11 is 0. The number of likely N-dealkylation sites (tertiary alicyclic amines) is 1. The molecule has 1 N–H and O–H groups in total. The zero-order valence-corrected chi connectivity index (χ0v) is 7.26. The second kappa shape index (κ2) is 4.44. The summed E-state index contributed by atoms with van der Waals surface area (Å²) in [6.07, 6.45) is -0.345. The zero-order valence-electron chi connectivity index (χ0n) is 7.26. The van der Waals surface area contributed by atoms with Gasteiger partial charge in [0.2, 0.25) is 0 Å². The van der Waals surface area contributed by atoms with E-state index >= 15 is 0 Å². The summed E-state index contributed by atoms with van der Waals surface area (Å²) in [5.41, 5.74) is 0. The van der Waals surface area contributed by atoms with E-state index < -0.39 is 6.17 Å². The Morgan fingerprint density at radius 3 is 3.00 bits per heavy atom. The van der Waals surface area contributed by atoms with Gasteiger partial charge in [0.25, 0.3) is 0 Å². The van der Waals surface area contributed by atoms with Gasteiger partial charge >= 0.3 is 0 Å². The van der Waals surface area contributed by atoms with Crippen molar-refractivity contribution in [3.05, 3.63) is 0 Å². The first-order chi connectivity index (χ1) is 5.77. The summed E-state index contributed by atoms with van der Waals surface area (Å²) in [7, 11) is 0. The molecule has 68 valence electrons. The fraction of sp³-hybridized carbons (Fsp3) is 0.778. The normalized spacial score (nSPS) is 29.9. The van der Waals surface area contributed by atoms with Crippen LogP contribution in [0.1, 0.15) is 13.3 Å². The highest BCUT2D eigenvalue weighted by atomic mass is 19.1. The smallest absolute Gasteiger partial charge is 0.114 e. The first-order valence-corrected chi connectivity index (χ1v) is 4.16. The minimum atomic E-state index is -0.791. The predicted octanol–water partition coefficient (Wildman–Crippen LogP) is 0.414. The maximum absolute atomic E-state index is 12.8. The molecule has 0 saturated carbocycles. The molecule has 2 nitrogen and oxygen atoms in total. The number of halogens is 1. The van der Waals surface area contributed by atoms with Crippen LogP contribution in [0.5, 0.6) is 0 Å². The van der Waals surface area contributed by atoms with Crippen molar-refractivity contribution < 1.29 is 9.50 Å². The second-order valence-electron chi connectivity index (χ2n) is 3.03. The van der Waals surface area contributed by atoms with Gasteiger partial charge in [-0.1, -0.05) is 5.92 Å². The van der Waals surface area contributed by atoms with Crippen molar-refractivity contribution in [3.63, 3.8) is 0 Å². The molecule has 2 atom stereocenters. The Hall–Kier alpha value is -0.590. The molecule has 12 heavy (non-hydrogen) atoms. The maximum atomic E-state index is 12.8. The Labute approximate surface area is 72.4 Å². The van der Waals surface area contributed by atoms with E-state index in [4.69, 9.17) is 5.11 Å². The van der Waals surface area contributed by atoms with Gasteiger partial charge in [-0.05, 0) is 13.3 Å². The number of nitrogens with zero attached hydrogens (tertiary/aromatic N) is 1. The van der Waals surface area contributed by atoms with Crippen LogP contribution in [0, 0.1) is 11.8 Å². The van der Waals surface area contributed by atoms with Gasteiger partial charge in [-0.25, -0.2) is 4.39 Å². The third-order valence-corrected chi connectivity index (χ3v) is 2.15. The molecule has 1 fully saturated rings. The SMILES string of the molecule is CC#CCN1C[C@@H](F)C[C@H]1CO. The molecule has 1 heterocycles. The van der Waals surface area contributed by atoms with Crippen molar-refractivity contribution in [1.29, 1.82) is 0 Å². The van der Waals surface area contributed by atoms with Crippen LogP contribution in [0.4, 0.5) is 4.39 Å². The minimum Gasteiger partial charge on any atom is -0.395 e. The molecule has 1 aliphatic heterocycles. The van der Waals surface area contributed by atoms with Gasteiger partial charge < -0.3 is 5.11 Å². The molecule has 0 aromatic heterocycles. The standard InChI is InChI=1S/C9H14FNO/c1-2-3-4-11-6-8(10)5-9(11)7-12/h8-9,12H,4-7H2,1H3/t8-,9-/m0/s1. The summed E-state index contributed by atoms with van der Waals surface area (Å²) in [5, 5.41) is 8.90. The second-order valence-corrected chi connectivity index (χ2v) is 3.03. The molecule has 0 unspecified atom stereocenters. The molecule has 0 aromatic rings. The maximum Gasteiger partial charge on any atom is 0.114 e. The molecule has 0 amide bonds. The predicted molar refractivity (Wildman–Crippen MR) is 45.4 cm³/mol. The fourth-order valence-corrected chi connectivity index (χ4v) is 1.49. The monoisotopic (exact) mass is 171 g/mol. The molecular weight excluding hydrogens is 157 g/mol. The molecule has 0 spiro atoms. The van der Waals surface area contributed by atoms with Gasteiger partial charge in [0.05, 0.1) is 13.2 Å². The summed E-state index contributed by atoms with van der Waals surface area (Å²) in [6, 6.07) is -0.0270. The lowest BCUT2D eigenvalue weighted by atomic mass is 10.2. The minimum absolute atomic E-state index is 0.0270. The molecule has 0 aromatic carbocycles. The Kier molecular flexibility index (Phi) is 3.51. The largest absolute Gasteiger partial charge is 0.395 e. The van der Waals surface area contributed by atoms with Gasteiger partial charge in [0, 0.05) is 12.6 Å². The van der Waals surface area contributed by atoms with E-state index in [2.05, 4.69) is 11.8 Å². The molecule has 1 saturated heterocycles. The summed E-state index contributed by atoms with van der Waals surface area (Å²) < 4.78 is 12.8. The quantitative estimate of drug-likeness (QED) is 0.608. The molecule has 0 aliphatic carbocycles. The number of aliphatic hydroxyl groups is 1. The number of aliphatic hydroxyl groups excluding tert-OH is 1. The Bertz CT molecular complexity index is 196. The van der Waals surface area contributed by atoms with Crippen LogP contribution in [0.25, 0.3) is 0 Å². The number of hydrogen-bond donors (Lipinski definition) is 1. The number of rotatable bonds is 2. The lowest BCUT2D eigenvalue weighted by Crippen LogP contribution is -2.32. The summed E-state index contributed by atoms with van der Waals surface area (Å²) in [5.74, 6) is 5.63. The van der Waals surface area contributed by atoms with Crippen molar-refractivity contribution in [2.75, 3.05) is 19.7 Å². The topological polar surface area (TPSA) is 23.5 Å². The van der Waals surface area contributed by atoms with E-state index in [9.17, 15) is 4.39 Å². The third-order valence-electron chi connectivity index (χ3n) is 2.15. The average molecular weight is 171 g/mol. The molecule has 3 heteroatoms. The number of alkyl halides is 1. The lowest BCUT2D eigenvalue weighted by Gasteiger charge is -2.18. The van der Waals surface area contributed by atoms with Gasteiger partial charge in [-0.2, -0.15) is 0 Å². The molecule has 1 rings (SSSR count). The van der Waals surface area contributed by atoms with E-state index in [1.54, 1.807) is 6.92 Å². The van der Waals surface area contributed by atoms with Crippen LogP contribution >= 0.6 is 0 Å². The van der Waals surface area contributed by atoms with Gasteiger partial charge in [-0.15, -0.1) is 5.92 Å². The Morgan fingerprint density at radius 1 is 1.67 bits per heavy atom. The van der Waals surface area contributed by atoms with E-state index in [1.165, 1.54) is 0 Å². The average Bonchev–Trinajstić information content (AvgIpc) is 2.42. The van der Waals surface area contributed by atoms with Crippen molar-refractivity contribution in [2.45, 2.75) is 25.6 Å². The van der Waals surface area contributed by atoms with Crippen molar-refractivity contribution in [1.82, 2.24) is 4.90 Å². The first kappa shape index (κ1) is 9.50. The van der Waals surface area contributed by atoms with Crippen LogP contribution < -0.4 is 0 Å². The van der Waals surface area contributed by atoms with Crippen LogP contribution in [0.2, 0.25) is 0 Å². The highest BCUT2D eigenvalue weighted by Crippen LogP contribution is 2.18. The van der Waals surface area contributed by atoms with Crippen molar-refractivity contribution in [3.8, 4) is 11.8 Å². The molecule has 1 aliphatic rings. The third kappa shape index (κ3) is 2.20. The molecule has 0 radical (unpaired) electrons. The van der Waals surface area contributed by atoms with Gasteiger partial charge in [-0.3, -0.25) is 4.90 Å². The van der Waals surface area contributed by atoms with E-state index in [0.717, 1.165) is 0 Å². The van der Waals surface area contributed by atoms with Crippen LogP contribution in [-0.2, 0) is 0 Å². The summed E-state index contributed by atoms with van der Waals surface area (Å²) in [6.45, 7) is 2.78. The highest BCUT2D eigenvalue weighted by molar-refractivity contribution is 5.00. The van der Waals surface area contributed by atoms with Crippen LogP contribution in [0.15, 0.2) is 0 Å². The van der Waals surface area contributed by atoms with Gasteiger partial charge in [0.15, 0.2) is 0 Å². The highest BCUT2D eigenvalue weighted by Gasteiger charge is 2.30. The zero-order chi connectivity index (χ0) is 8.97.